The molecule has 20 heavy (non-hydrogen) atoms. The second-order valence-electron chi connectivity index (χ2n) is 3.98. The second kappa shape index (κ2) is 4.57. The lowest BCUT2D eigenvalue weighted by molar-refractivity contribution is 0.415. The smallest absolute Gasteiger partial charge is 0.286 e. The molecule has 8 heteroatoms. The van der Waals surface area contributed by atoms with Crippen molar-refractivity contribution < 1.29 is 13.2 Å². The van der Waals surface area contributed by atoms with Gasteiger partial charge in [-0.15, -0.1) is 9.19 Å². The Morgan fingerprint density at radius 3 is 2.80 bits per heavy atom. The van der Waals surface area contributed by atoms with E-state index in [1.54, 1.807) is 24.3 Å². The molecule has 0 aliphatic rings. The van der Waals surface area contributed by atoms with Gasteiger partial charge in [-0.05, 0) is 24.3 Å². The van der Waals surface area contributed by atoms with E-state index in [1.165, 1.54) is 25.6 Å². The Morgan fingerprint density at radius 1 is 1.25 bits per heavy atom. The summed E-state index contributed by atoms with van der Waals surface area (Å²) in [5.74, 6) is 0.586. The van der Waals surface area contributed by atoms with Gasteiger partial charge in [0, 0.05) is 18.5 Å². The highest BCUT2D eigenvalue weighted by Crippen LogP contribution is 2.21. The number of hydrogen-bond donors (Lipinski definition) is 0. The van der Waals surface area contributed by atoms with E-state index < -0.39 is 10.0 Å². The van der Waals surface area contributed by atoms with E-state index in [1.807, 2.05) is 0 Å². The molecule has 0 radical (unpaired) electrons. The molecular formula is C12H10N4O3S. The lowest BCUT2D eigenvalue weighted by Gasteiger charge is -2.04. The lowest BCUT2D eigenvalue weighted by Crippen LogP contribution is -2.14. The van der Waals surface area contributed by atoms with Crippen LogP contribution in [0.2, 0.25) is 0 Å². The maximum Gasteiger partial charge on any atom is 0.286 e. The van der Waals surface area contributed by atoms with Crippen LogP contribution in [-0.2, 0) is 10.0 Å². The molecule has 0 atom stereocenters. The molecule has 2 aromatic heterocycles. The Bertz CT molecular complexity index is 859. The van der Waals surface area contributed by atoms with E-state index in [9.17, 15) is 8.42 Å². The number of aromatic nitrogens is 4. The minimum absolute atomic E-state index is 0.0580. The third-order valence-electron chi connectivity index (χ3n) is 2.78. The van der Waals surface area contributed by atoms with Crippen LogP contribution in [0.1, 0.15) is 0 Å². The summed E-state index contributed by atoms with van der Waals surface area (Å²) in [4.78, 5) is 3.87. The Labute approximate surface area is 114 Å². The van der Waals surface area contributed by atoms with Gasteiger partial charge in [-0.3, -0.25) is 4.98 Å². The topological polar surface area (TPSA) is 87.0 Å². The molecule has 0 amide bonds. The highest BCUT2D eigenvalue weighted by molar-refractivity contribution is 7.90. The van der Waals surface area contributed by atoms with Crippen molar-refractivity contribution in [2.45, 2.75) is 4.90 Å². The quantitative estimate of drug-likeness (QED) is 0.717. The molecule has 3 rings (SSSR count). The number of fused-ring (bicyclic) bond motifs is 1. The van der Waals surface area contributed by atoms with E-state index in [4.69, 9.17) is 4.74 Å². The predicted molar refractivity (Wildman–Crippen MR) is 70.9 cm³/mol. The first kappa shape index (κ1) is 12.5. The lowest BCUT2D eigenvalue weighted by atomic mass is 10.3. The zero-order valence-electron chi connectivity index (χ0n) is 10.5. The van der Waals surface area contributed by atoms with Gasteiger partial charge < -0.3 is 4.74 Å². The van der Waals surface area contributed by atoms with E-state index in [0.717, 1.165) is 4.09 Å². The Kier molecular flexibility index (Phi) is 2.87. The van der Waals surface area contributed by atoms with Gasteiger partial charge in [-0.2, -0.15) is 8.42 Å². The van der Waals surface area contributed by atoms with Crippen LogP contribution in [0, 0.1) is 0 Å². The second-order valence-corrected chi connectivity index (χ2v) is 5.75. The highest BCUT2D eigenvalue weighted by atomic mass is 32.2. The fraction of sp³-hybridized carbons (Fsp3) is 0.0833. The van der Waals surface area contributed by atoms with Gasteiger partial charge >= 0.3 is 0 Å². The molecule has 0 aliphatic carbocycles. The molecule has 2 heterocycles. The van der Waals surface area contributed by atoms with Gasteiger partial charge in [0.05, 0.1) is 7.11 Å². The Morgan fingerprint density at radius 2 is 2.10 bits per heavy atom. The van der Waals surface area contributed by atoms with Crippen LogP contribution >= 0.6 is 0 Å². The third kappa shape index (κ3) is 1.90. The number of nitrogens with zero attached hydrogens (tertiary/aromatic N) is 4. The molecule has 0 saturated heterocycles. The molecule has 0 unspecified atom stereocenters. The summed E-state index contributed by atoms with van der Waals surface area (Å²) in [6.45, 7) is 0. The number of benzene rings is 1. The zero-order chi connectivity index (χ0) is 14.2. The molecule has 0 N–H and O–H groups in total. The first-order chi connectivity index (χ1) is 9.63. The number of methoxy groups -OCH3 is 1. The number of ether oxygens (including phenoxy) is 1. The van der Waals surface area contributed by atoms with Crippen LogP contribution in [0.3, 0.4) is 0 Å². The largest absolute Gasteiger partial charge is 0.497 e. The van der Waals surface area contributed by atoms with Crippen molar-refractivity contribution in [1.29, 1.82) is 0 Å². The van der Waals surface area contributed by atoms with E-state index in [-0.39, 0.29) is 4.90 Å². The van der Waals surface area contributed by atoms with E-state index in [0.29, 0.717) is 16.8 Å². The highest BCUT2D eigenvalue weighted by Gasteiger charge is 2.21. The summed E-state index contributed by atoms with van der Waals surface area (Å²) in [5, 5.41) is 7.57. The molecule has 0 aliphatic heterocycles. The fourth-order valence-corrected chi connectivity index (χ4v) is 2.98. The van der Waals surface area contributed by atoms with Gasteiger partial charge in [0.2, 0.25) is 0 Å². The van der Waals surface area contributed by atoms with Crippen LogP contribution < -0.4 is 4.74 Å². The first-order valence-electron chi connectivity index (χ1n) is 5.68. The zero-order valence-corrected chi connectivity index (χ0v) is 11.3. The van der Waals surface area contributed by atoms with Crippen molar-refractivity contribution in [2.24, 2.45) is 0 Å². The van der Waals surface area contributed by atoms with E-state index >= 15 is 0 Å². The average Bonchev–Trinajstić information content (AvgIpc) is 2.91. The van der Waals surface area contributed by atoms with E-state index in [2.05, 4.69) is 15.3 Å². The summed E-state index contributed by atoms with van der Waals surface area (Å²) in [6, 6.07) is 7.88. The van der Waals surface area contributed by atoms with Crippen molar-refractivity contribution >= 4 is 21.1 Å². The molecular weight excluding hydrogens is 280 g/mol. The minimum atomic E-state index is -3.80. The predicted octanol–water partition coefficient (Wildman–Crippen LogP) is 1.07. The number of hydrogen-bond acceptors (Lipinski definition) is 6. The molecule has 3 aromatic rings. The van der Waals surface area contributed by atoms with Crippen molar-refractivity contribution in [3.05, 3.63) is 42.7 Å². The van der Waals surface area contributed by atoms with Gasteiger partial charge in [0.15, 0.2) is 0 Å². The van der Waals surface area contributed by atoms with Crippen molar-refractivity contribution in [2.75, 3.05) is 7.11 Å². The summed E-state index contributed by atoms with van der Waals surface area (Å²) >= 11 is 0. The standard InChI is InChI=1S/C12H10N4O3S/c1-19-9-4-5-12-11(7-9)14-15-16(12)20(17,18)10-3-2-6-13-8-10/h2-8H,1H3. The molecule has 0 fully saturated rings. The van der Waals surface area contributed by atoms with Crippen molar-refractivity contribution in [1.82, 2.24) is 19.4 Å². The monoisotopic (exact) mass is 290 g/mol. The van der Waals surface area contributed by atoms with Gasteiger partial charge in [-0.1, -0.05) is 5.21 Å². The summed E-state index contributed by atoms with van der Waals surface area (Å²) in [6.07, 6.45) is 2.77. The Hall–Kier alpha value is -2.48. The maximum atomic E-state index is 12.5. The van der Waals surface area contributed by atoms with Gasteiger partial charge in [0.25, 0.3) is 10.0 Å². The van der Waals surface area contributed by atoms with Crippen LogP contribution in [-0.4, -0.2) is 34.9 Å². The SMILES string of the molecule is COc1ccc2c(c1)nnn2S(=O)(=O)c1cccnc1. The van der Waals surface area contributed by atoms with Crippen molar-refractivity contribution in [3.63, 3.8) is 0 Å². The molecule has 1 aromatic carbocycles. The molecule has 102 valence electrons. The third-order valence-corrected chi connectivity index (χ3v) is 4.34. The molecule has 0 spiro atoms. The Balaban J connectivity index is 2.20. The minimum Gasteiger partial charge on any atom is -0.497 e. The first-order valence-corrected chi connectivity index (χ1v) is 7.12. The van der Waals surface area contributed by atoms with Gasteiger partial charge in [0.1, 0.15) is 21.7 Å². The van der Waals surface area contributed by atoms with Crippen LogP contribution in [0.25, 0.3) is 11.0 Å². The summed E-state index contributed by atoms with van der Waals surface area (Å²) in [7, 11) is -2.28. The van der Waals surface area contributed by atoms with Crippen molar-refractivity contribution in [3.8, 4) is 5.75 Å². The maximum absolute atomic E-state index is 12.5. The normalized spacial score (nSPS) is 11.7. The number of rotatable bonds is 3. The van der Waals surface area contributed by atoms with Crippen LogP contribution in [0.4, 0.5) is 0 Å². The summed E-state index contributed by atoms with van der Waals surface area (Å²) in [5.41, 5.74) is 0.825. The molecule has 0 saturated carbocycles. The van der Waals surface area contributed by atoms with Crippen LogP contribution in [0.15, 0.2) is 47.6 Å². The van der Waals surface area contributed by atoms with Gasteiger partial charge in [-0.25, -0.2) is 0 Å². The van der Waals surface area contributed by atoms with Crippen LogP contribution in [0.5, 0.6) is 5.75 Å². The molecule has 0 bridgehead atoms. The average molecular weight is 290 g/mol. The summed E-state index contributed by atoms with van der Waals surface area (Å²) < 4.78 is 30.9. The fourth-order valence-electron chi connectivity index (χ4n) is 1.79. The molecule has 7 nitrogen and oxygen atoms in total. The number of pyridine rings is 1.